The van der Waals surface area contributed by atoms with E-state index in [1.165, 1.54) is 11.8 Å². The molecule has 2 aromatic rings. The lowest BCUT2D eigenvalue weighted by Crippen LogP contribution is -3.14. The fourth-order valence-corrected chi connectivity index (χ4v) is 3.42. The van der Waals surface area contributed by atoms with E-state index in [9.17, 15) is 9.59 Å². The highest BCUT2D eigenvalue weighted by atomic mass is 35.5. The molecule has 0 bridgehead atoms. The molecule has 3 rings (SSSR count). The number of hydrogen-bond donors (Lipinski definition) is 1. The van der Waals surface area contributed by atoms with Crippen LogP contribution in [0.15, 0.2) is 60.7 Å². The van der Waals surface area contributed by atoms with E-state index in [4.69, 9.17) is 14.2 Å². The lowest BCUT2D eigenvalue weighted by Gasteiger charge is -2.32. The predicted molar refractivity (Wildman–Crippen MR) is 103 cm³/mol. The van der Waals surface area contributed by atoms with E-state index in [0.717, 1.165) is 13.1 Å². The zero-order valence-corrected chi connectivity index (χ0v) is 17.2. The summed E-state index contributed by atoms with van der Waals surface area (Å²) in [6.07, 6.45) is 0. The van der Waals surface area contributed by atoms with Crippen LogP contribution in [0, 0.1) is 0 Å². The highest BCUT2D eigenvalue weighted by molar-refractivity contribution is 5.88. The highest BCUT2D eigenvalue weighted by Gasteiger charge is 2.47. The number of hydrogen-bond acceptors (Lipinski definition) is 5. The zero-order chi connectivity index (χ0) is 19.8. The van der Waals surface area contributed by atoms with E-state index >= 15 is 0 Å². The van der Waals surface area contributed by atoms with Gasteiger partial charge in [0.1, 0.15) is 26.2 Å². The lowest BCUT2D eigenvalue weighted by molar-refractivity contribution is -0.908. The number of morpholine rings is 1. The van der Waals surface area contributed by atoms with Crippen LogP contribution in [0.5, 0.6) is 0 Å². The molecule has 1 saturated heterocycles. The Balaban J connectivity index is 0.00000300. The second kappa shape index (κ2) is 11.0. The molecule has 0 unspecified atom stereocenters. The number of carbonyl (C=O) groups is 2. The van der Waals surface area contributed by atoms with Crippen LogP contribution in [-0.4, -0.2) is 51.4 Å². The Bertz CT molecular complexity index is 739. The first-order valence-corrected chi connectivity index (χ1v) is 9.52. The maximum absolute atomic E-state index is 13.3. The van der Waals surface area contributed by atoms with Gasteiger partial charge in [-0.25, -0.2) is 4.79 Å². The minimum atomic E-state index is -1.63. The Morgan fingerprint density at radius 3 is 1.97 bits per heavy atom. The van der Waals surface area contributed by atoms with Crippen LogP contribution < -0.4 is 17.3 Å². The third-order valence-corrected chi connectivity index (χ3v) is 4.83. The maximum Gasteiger partial charge on any atom is 0.360 e. The quantitative estimate of drug-likeness (QED) is 0.524. The molecule has 29 heavy (non-hydrogen) atoms. The van der Waals surface area contributed by atoms with Gasteiger partial charge in [-0.2, -0.15) is 0 Å². The smallest absolute Gasteiger partial charge is 0.360 e. The van der Waals surface area contributed by atoms with Gasteiger partial charge in [0.05, 0.1) is 13.2 Å². The fraction of sp³-hybridized carbons (Fsp3) is 0.364. The summed E-state index contributed by atoms with van der Waals surface area (Å²) < 4.78 is 16.7. The molecule has 1 N–H and O–H groups in total. The second-order valence-electron chi connectivity index (χ2n) is 6.76. The summed E-state index contributed by atoms with van der Waals surface area (Å²) in [4.78, 5) is 26.6. The first-order chi connectivity index (χ1) is 13.6. The molecule has 1 aliphatic rings. The van der Waals surface area contributed by atoms with Crippen molar-refractivity contribution in [1.29, 1.82) is 0 Å². The Hall–Kier alpha value is -2.41. The van der Waals surface area contributed by atoms with Crippen molar-refractivity contribution in [3.63, 3.8) is 0 Å². The normalized spacial score (nSPS) is 14.5. The molecule has 0 saturated carbocycles. The van der Waals surface area contributed by atoms with Crippen molar-refractivity contribution in [3.8, 4) is 0 Å². The molecule has 1 fully saturated rings. The van der Waals surface area contributed by atoms with Crippen molar-refractivity contribution in [2.45, 2.75) is 12.5 Å². The van der Waals surface area contributed by atoms with Gasteiger partial charge in [-0.15, -0.1) is 0 Å². The minimum absolute atomic E-state index is 0. The maximum atomic E-state index is 13.3. The highest BCUT2D eigenvalue weighted by Crippen LogP contribution is 2.35. The van der Waals surface area contributed by atoms with Gasteiger partial charge >= 0.3 is 11.9 Å². The summed E-state index contributed by atoms with van der Waals surface area (Å²) in [5.74, 6) is -1.14. The van der Waals surface area contributed by atoms with Crippen LogP contribution >= 0.6 is 0 Å². The van der Waals surface area contributed by atoms with Gasteiger partial charge < -0.3 is 31.5 Å². The Kier molecular flexibility index (Phi) is 8.64. The Morgan fingerprint density at radius 2 is 1.48 bits per heavy atom. The molecule has 0 atom stereocenters. The number of nitrogens with one attached hydrogen (secondary N) is 1. The van der Waals surface area contributed by atoms with Crippen LogP contribution in [0.2, 0.25) is 0 Å². The molecular formula is C22H26ClNO5. The Morgan fingerprint density at radius 1 is 0.966 bits per heavy atom. The van der Waals surface area contributed by atoms with Gasteiger partial charge in [0, 0.05) is 18.1 Å². The molecule has 0 spiro atoms. The van der Waals surface area contributed by atoms with E-state index in [1.807, 2.05) is 36.4 Å². The average molecular weight is 420 g/mol. The number of quaternary nitrogens is 1. The van der Waals surface area contributed by atoms with Crippen LogP contribution in [0.1, 0.15) is 18.1 Å². The molecule has 0 aromatic heterocycles. The number of benzene rings is 2. The van der Waals surface area contributed by atoms with E-state index in [0.29, 0.717) is 30.9 Å². The molecule has 0 amide bonds. The van der Waals surface area contributed by atoms with Gasteiger partial charge in [0.25, 0.3) is 5.60 Å². The van der Waals surface area contributed by atoms with Crippen molar-refractivity contribution in [3.05, 3.63) is 71.8 Å². The summed E-state index contributed by atoms with van der Waals surface area (Å²) in [5.41, 5.74) is -0.519. The Labute approximate surface area is 177 Å². The average Bonchev–Trinajstić information content (AvgIpc) is 2.74. The van der Waals surface area contributed by atoms with Gasteiger partial charge in [-0.3, -0.25) is 4.79 Å². The zero-order valence-electron chi connectivity index (χ0n) is 16.4. The topological polar surface area (TPSA) is 66.3 Å². The number of esters is 2. The number of rotatable bonds is 7. The van der Waals surface area contributed by atoms with Crippen molar-refractivity contribution >= 4 is 11.9 Å². The summed E-state index contributed by atoms with van der Waals surface area (Å²) in [5, 5.41) is 0. The largest absolute Gasteiger partial charge is 1.00 e. The van der Waals surface area contributed by atoms with Gasteiger partial charge in [0.15, 0.2) is 0 Å². The number of halogens is 1. The molecule has 1 heterocycles. The van der Waals surface area contributed by atoms with Crippen molar-refractivity contribution in [2.24, 2.45) is 0 Å². The fourth-order valence-electron chi connectivity index (χ4n) is 3.42. The summed E-state index contributed by atoms with van der Waals surface area (Å²) in [6.45, 7) is 5.45. The molecule has 7 heteroatoms. The van der Waals surface area contributed by atoms with E-state index in [1.54, 1.807) is 24.3 Å². The molecular weight excluding hydrogens is 394 g/mol. The monoisotopic (exact) mass is 419 g/mol. The first kappa shape index (κ1) is 22.9. The lowest BCUT2D eigenvalue weighted by atomic mass is 9.86. The molecule has 0 aliphatic carbocycles. The molecule has 0 radical (unpaired) electrons. The van der Waals surface area contributed by atoms with Crippen LogP contribution in [-0.2, 0) is 29.4 Å². The number of carbonyl (C=O) groups excluding carboxylic acids is 2. The summed E-state index contributed by atoms with van der Waals surface area (Å²) in [7, 11) is 0. The van der Waals surface area contributed by atoms with E-state index in [2.05, 4.69) is 0 Å². The molecule has 6 nitrogen and oxygen atoms in total. The summed E-state index contributed by atoms with van der Waals surface area (Å²) in [6, 6.07) is 18.0. The van der Waals surface area contributed by atoms with Crippen LogP contribution in [0.3, 0.4) is 0 Å². The van der Waals surface area contributed by atoms with E-state index in [-0.39, 0.29) is 19.0 Å². The standard InChI is InChI=1S/C22H25NO5.ClH/c1-18(24)28-22(19-8-4-2-5-9-19,20-10-6-3-7-11-20)21(25)27-17-14-23-12-15-26-16-13-23;/h2-11H,12-17H2,1H3;1H. The van der Waals surface area contributed by atoms with Crippen molar-refractivity contribution < 1.29 is 41.1 Å². The molecule has 1 aliphatic heterocycles. The van der Waals surface area contributed by atoms with Gasteiger partial charge in [-0.05, 0) is 0 Å². The van der Waals surface area contributed by atoms with Crippen LogP contribution in [0.25, 0.3) is 0 Å². The molecule has 156 valence electrons. The van der Waals surface area contributed by atoms with Crippen molar-refractivity contribution in [2.75, 3.05) is 39.5 Å². The SMILES string of the molecule is CC(=O)OC(C(=O)OCC[NH+]1CCOCC1)(c1ccccc1)c1ccccc1.[Cl-]. The van der Waals surface area contributed by atoms with Gasteiger partial charge in [-0.1, -0.05) is 60.7 Å². The van der Waals surface area contributed by atoms with Crippen LogP contribution in [0.4, 0.5) is 0 Å². The van der Waals surface area contributed by atoms with E-state index < -0.39 is 17.5 Å². The predicted octanol–water partition coefficient (Wildman–Crippen LogP) is -2.04. The first-order valence-electron chi connectivity index (χ1n) is 9.52. The van der Waals surface area contributed by atoms with Crippen molar-refractivity contribution in [1.82, 2.24) is 0 Å². The van der Waals surface area contributed by atoms with Gasteiger partial charge in [0.2, 0.25) is 0 Å². The minimum Gasteiger partial charge on any atom is -1.00 e. The third kappa shape index (κ3) is 5.56. The summed E-state index contributed by atoms with van der Waals surface area (Å²) >= 11 is 0. The molecule has 2 aromatic carbocycles. The number of ether oxygens (including phenoxy) is 3. The third-order valence-electron chi connectivity index (χ3n) is 4.83. The second-order valence-corrected chi connectivity index (χ2v) is 6.76.